The number of halogens is 1. The molecule has 1 N–H and O–H groups in total. The fourth-order valence-electron chi connectivity index (χ4n) is 2.57. The van der Waals surface area contributed by atoms with Crippen molar-refractivity contribution in [1.82, 2.24) is 14.9 Å². The summed E-state index contributed by atoms with van der Waals surface area (Å²) in [6, 6.07) is 6.25. The van der Waals surface area contributed by atoms with Gasteiger partial charge in [-0.15, -0.1) is 0 Å². The van der Waals surface area contributed by atoms with E-state index in [1.165, 1.54) is 24.8 Å². The number of hydrogen-bond acceptors (Lipinski definition) is 2. The average molecular weight is 294 g/mol. The molecule has 90 valence electrons. The lowest BCUT2D eigenvalue weighted by Gasteiger charge is -2.23. The first kappa shape index (κ1) is 11.2. The van der Waals surface area contributed by atoms with Gasteiger partial charge in [-0.2, -0.15) is 0 Å². The molecular formula is C13H16BrN3. The van der Waals surface area contributed by atoms with Crippen LogP contribution in [0.4, 0.5) is 0 Å². The highest BCUT2D eigenvalue weighted by Gasteiger charge is 2.16. The zero-order chi connectivity index (χ0) is 11.7. The second-order valence-electron chi connectivity index (χ2n) is 4.71. The summed E-state index contributed by atoms with van der Waals surface area (Å²) in [7, 11) is 0. The zero-order valence-corrected chi connectivity index (χ0v) is 11.3. The molecule has 0 radical (unpaired) electrons. The molecule has 2 aromatic rings. The van der Waals surface area contributed by atoms with Crippen LogP contribution in [0.2, 0.25) is 0 Å². The zero-order valence-electron chi connectivity index (χ0n) is 9.69. The van der Waals surface area contributed by atoms with Crippen molar-refractivity contribution in [2.24, 2.45) is 5.92 Å². The first-order chi connectivity index (χ1) is 8.34. The minimum absolute atomic E-state index is 0.720. The van der Waals surface area contributed by atoms with Crippen molar-refractivity contribution in [3.05, 3.63) is 29.0 Å². The van der Waals surface area contributed by atoms with Crippen molar-refractivity contribution in [3.63, 3.8) is 0 Å². The normalized spacial score (nSPS) is 20.9. The Kier molecular flexibility index (Phi) is 3.16. The van der Waals surface area contributed by atoms with Gasteiger partial charge in [-0.1, -0.05) is 0 Å². The minimum atomic E-state index is 0.720. The van der Waals surface area contributed by atoms with Crippen LogP contribution in [0, 0.1) is 5.92 Å². The van der Waals surface area contributed by atoms with Crippen LogP contribution in [-0.4, -0.2) is 22.6 Å². The number of fused-ring (bicyclic) bond motifs is 1. The predicted molar refractivity (Wildman–Crippen MR) is 73.0 cm³/mol. The smallest absolute Gasteiger partial charge is 0.140 e. The number of rotatable bonds is 2. The van der Waals surface area contributed by atoms with Crippen molar-refractivity contribution in [2.75, 3.05) is 13.1 Å². The second-order valence-corrected chi connectivity index (χ2v) is 5.52. The molecule has 0 bridgehead atoms. The van der Waals surface area contributed by atoms with Crippen LogP contribution in [0.5, 0.6) is 0 Å². The summed E-state index contributed by atoms with van der Waals surface area (Å²) in [5.41, 5.74) is 1.09. The number of hydrogen-bond donors (Lipinski definition) is 1. The first-order valence-corrected chi connectivity index (χ1v) is 6.94. The second kappa shape index (κ2) is 4.78. The van der Waals surface area contributed by atoms with Crippen LogP contribution < -0.4 is 5.32 Å². The molecule has 1 atom stereocenters. The number of aromatic nitrogens is 2. The summed E-state index contributed by atoms with van der Waals surface area (Å²) in [6.45, 7) is 3.34. The lowest BCUT2D eigenvalue weighted by atomic mass is 10.00. The highest BCUT2D eigenvalue weighted by molar-refractivity contribution is 9.10. The Morgan fingerprint density at radius 1 is 1.53 bits per heavy atom. The first-order valence-electron chi connectivity index (χ1n) is 6.15. The summed E-state index contributed by atoms with van der Waals surface area (Å²) in [4.78, 5) is 4.48. The number of nitrogens with one attached hydrogen (secondary N) is 1. The molecule has 0 spiro atoms. The van der Waals surface area contributed by atoms with E-state index in [-0.39, 0.29) is 0 Å². The van der Waals surface area contributed by atoms with E-state index in [0.717, 1.165) is 29.3 Å². The predicted octanol–water partition coefficient (Wildman–Crippen LogP) is 2.80. The molecule has 17 heavy (non-hydrogen) atoms. The Balaban J connectivity index is 1.90. The molecule has 1 aliphatic rings. The van der Waals surface area contributed by atoms with E-state index in [0.29, 0.717) is 0 Å². The summed E-state index contributed by atoms with van der Waals surface area (Å²) in [5, 5.41) is 4.68. The lowest BCUT2D eigenvalue weighted by molar-refractivity contribution is 0.338. The van der Waals surface area contributed by atoms with E-state index >= 15 is 0 Å². The Labute approximate surface area is 109 Å². The third kappa shape index (κ3) is 2.24. The van der Waals surface area contributed by atoms with Crippen LogP contribution >= 0.6 is 15.9 Å². The van der Waals surface area contributed by atoms with Gasteiger partial charge in [-0.05, 0) is 66.0 Å². The molecule has 3 nitrogen and oxygen atoms in total. The molecule has 1 saturated heterocycles. The molecule has 4 heteroatoms. The van der Waals surface area contributed by atoms with Crippen LogP contribution in [0.3, 0.4) is 0 Å². The van der Waals surface area contributed by atoms with Crippen LogP contribution in [0.25, 0.3) is 11.0 Å². The summed E-state index contributed by atoms with van der Waals surface area (Å²) in [6.07, 6.45) is 4.46. The third-order valence-electron chi connectivity index (χ3n) is 3.44. The fourth-order valence-corrected chi connectivity index (χ4v) is 3.13. The van der Waals surface area contributed by atoms with Gasteiger partial charge in [-0.3, -0.25) is 0 Å². The Morgan fingerprint density at radius 3 is 3.29 bits per heavy atom. The lowest BCUT2D eigenvalue weighted by Crippen LogP contribution is -2.32. The maximum Gasteiger partial charge on any atom is 0.140 e. The number of nitrogens with zero attached hydrogens (tertiary/aromatic N) is 2. The SMILES string of the molecule is Brc1cc2cccnc2n1CC1CCCNC1. The molecule has 3 rings (SSSR count). The molecule has 0 saturated carbocycles. The number of pyridine rings is 1. The van der Waals surface area contributed by atoms with Gasteiger partial charge >= 0.3 is 0 Å². The van der Waals surface area contributed by atoms with E-state index < -0.39 is 0 Å². The molecule has 0 amide bonds. The van der Waals surface area contributed by atoms with Crippen LogP contribution in [-0.2, 0) is 6.54 Å². The van der Waals surface area contributed by atoms with Crippen molar-refractivity contribution in [2.45, 2.75) is 19.4 Å². The standard InChI is InChI=1S/C13H16BrN3/c14-12-7-11-4-2-6-16-13(11)17(12)9-10-3-1-5-15-8-10/h2,4,6-7,10,15H,1,3,5,8-9H2. The van der Waals surface area contributed by atoms with E-state index in [1.807, 2.05) is 12.3 Å². The maximum atomic E-state index is 4.48. The average Bonchev–Trinajstić information content (AvgIpc) is 2.68. The van der Waals surface area contributed by atoms with Gasteiger partial charge in [0.2, 0.25) is 0 Å². The molecule has 1 fully saturated rings. The molecule has 0 aromatic carbocycles. The van der Waals surface area contributed by atoms with E-state index in [1.54, 1.807) is 0 Å². The van der Waals surface area contributed by atoms with Gasteiger partial charge in [0.1, 0.15) is 5.65 Å². The van der Waals surface area contributed by atoms with Crippen molar-refractivity contribution in [1.29, 1.82) is 0 Å². The minimum Gasteiger partial charge on any atom is -0.320 e. The summed E-state index contributed by atoms with van der Waals surface area (Å²) in [5.74, 6) is 0.720. The van der Waals surface area contributed by atoms with E-state index in [9.17, 15) is 0 Å². The quantitative estimate of drug-likeness (QED) is 0.923. The molecular weight excluding hydrogens is 278 g/mol. The van der Waals surface area contributed by atoms with Gasteiger partial charge < -0.3 is 9.88 Å². The highest BCUT2D eigenvalue weighted by Crippen LogP contribution is 2.24. The Hall–Kier alpha value is -0.870. The molecule has 3 heterocycles. The molecule has 1 aliphatic heterocycles. The van der Waals surface area contributed by atoms with Gasteiger partial charge in [-0.25, -0.2) is 4.98 Å². The molecule has 0 aliphatic carbocycles. The van der Waals surface area contributed by atoms with Crippen molar-refractivity contribution >= 4 is 27.0 Å². The van der Waals surface area contributed by atoms with E-state index in [2.05, 4.69) is 42.9 Å². The van der Waals surface area contributed by atoms with Gasteiger partial charge in [0, 0.05) is 18.1 Å². The summed E-state index contributed by atoms with van der Waals surface area (Å²) >= 11 is 3.64. The Bertz CT molecular complexity index is 514. The topological polar surface area (TPSA) is 29.9 Å². The monoisotopic (exact) mass is 293 g/mol. The largest absolute Gasteiger partial charge is 0.320 e. The van der Waals surface area contributed by atoms with Gasteiger partial charge in [0.15, 0.2) is 0 Å². The van der Waals surface area contributed by atoms with Crippen molar-refractivity contribution in [3.8, 4) is 0 Å². The number of piperidine rings is 1. The molecule has 2 aromatic heterocycles. The van der Waals surface area contributed by atoms with Gasteiger partial charge in [0.05, 0.1) is 4.60 Å². The van der Waals surface area contributed by atoms with Gasteiger partial charge in [0.25, 0.3) is 0 Å². The summed E-state index contributed by atoms with van der Waals surface area (Å²) < 4.78 is 3.42. The maximum absolute atomic E-state index is 4.48. The Morgan fingerprint density at radius 2 is 2.47 bits per heavy atom. The molecule has 1 unspecified atom stereocenters. The van der Waals surface area contributed by atoms with Crippen LogP contribution in [0.15, 0.2) is 29.0 Å². The van der Waals surface area contributed by atoms with E-state index in [4.69, 9.17) is 0 Å². The fraction of sp³-hybridized carbons (Fsp3) is 0.462. The van der Waals surface area contributed by atoms with Crippen LogP contribution in [0.1, 0.15) is 12.8 Å². The third-order valence-corrected chi connectivity index (χ3v) is 4.10. The highest BCUT2D eigenvalue weighted by atomic mass is 79.9. The van der Waals surface area contributed by atoms with Crippen molar-refractivity contribution < 1.29 is 0 Å².